The molecule has 2 N–H and O–H groups in total. The first-order valence-electron chi connectivity index (χ1n) is 12.1. The second-order valence-corrected chi connectivity index (χ2v) is 10.3. The highest BCUT2D eigenvalue weighted by Crippen LogP contribution is 2.37. The summed E-state index contributed by atoms with van der Waals surface area (Å²) in [6.07, 6.45) is 4.56. The molecule has 170 valence electrons. The molecule has 1 saturated heterocycles. The lowest BCUT2D eigenvalue weighted by atomic mass is 9.91. The number of benzene rings is 2. The Labute approximate surface area is 196 Å². The van der Waals surface area contributed by atoms with Gasteiger partial charge in [0.15, 0.2) is 5.11 Å². The van der Waals surface area contributed by atoms with E-state index in [0.717, 1.165) is 18.2 Å². The van der Waals surface area contributed by atoms with E-state index in [0.29, 0.717) is 24.7 Å². The zero-order chi connectivity index (χ0) is 22.1. The fraction of sp³-hybridized carbons (Fsp3) is 0.519. The summed E-state index contributed by atoms with van der Waals surface area (Å²) in [7, 11) is 0. The molecule has 2 saturated carbocycles. The van der Waals surface area contributed by atoms with Crippen LogP contribution in [0.3, 0.4) is 0 Å². The number of hydrogen-bond donors (Lipinski definition) is 2. The molecule has 5 heteroatoms. The van der Waals surface area contributed by atoms with Gasteiger partial charge in [-0.2, -0.15) is 0 Å². The molecule has 3 aliphatic rings. The summed E-state index contributed by atoms with van der Waals surface area (Å²) in [6, 6.07) is 20.2. The van der Waals surface area contributed by atoms with Crippen LogP contribution in [0.15, 0.2) is 60.7 Å². The fourth-order valence-electron chi connectivity index (χ4n) is 5.03. The highest BCUT2D eigenvalue weighted by molar-refractivity contribution is 7.80. The van der Waals surface area contributed by atoms with Crippen molar-refractivity contribution in [3.05, 3.63) is 71.8 Å². The Morgan fingerprint density at radius 2 is 1.03 bits per heavy atom. The number of aliphatic hydroxyl groups excluding tert-OH is 2. The standard InChI is InChI=1S/C27H34N2O2S/c30-25-23(15-19-7-3-1-4-8-19)28(17-21-11-12-21)27(32)29(18-22-13-14-22)24(26(25)31)16-20-9-5-2-6-10-20/h1-10,21-26,30-31H,11-18H2. The van der Waals surface area contributed by atoms with E-state index in [1.54, 1.807) is 0 Å². The Bertz CT molecular complexity index is 827. The van der Waals surface area contributed by atoms with Crippen LogP contribution in [0, 0.1) is 11.8 Å². The van der Waals surface area contributed by atoms with Gasteiger partial charge in [0.05, 0.1) is 12.1 Å². The molecule has 2 aliphatic carbocycles. The van der Waals surface area contributed by atoms with Crippen LogP contribution in [0.25, 0.3) is 0 Å². The maximum absolute atomic E-state index is 11.5. The molecule has 2 aromatic rings. The molecule has 0 spiro atoms. The molecule has 0 amide bonds. The van der Waals surface area contributed by atoms with Gasteiger partial charge in [-0.15, -0.1) is 0 Å². The lowest BCUT2D eigenvalue weighted by Crippen LogP contribution is -2.52. The van der Waals surface area contributed by atoms with E-state index >= 15 is 0 Å². The summed E-state index contributed by atoms with van der Waals surface area (Å²) < 4.78 is 0. The smallest absolute Gasteiger partial charge is 0.172 e. The first-order chi connectivity index (χ1) is 15.6. The minimum atomic E-state index is -0.857. The summed E-state index contributed by atoms with van der Waals surface area (Å²) in [6.45, 7) is 1.75. The number of thiocarbonyl (C=S) groups is 1. The van der Waals surface area contributed by atoms with Crippen molar-refractivity contribution in [1.82, 2.24) is 9.80 Å². The Hall–Kier alpha value is -1.95. The summed E-state index contributed by atoms with van der Waals surface area (Å²) in [4.78, 5) is 4.53. The number of rotatable bonds is 8. The Morgan fingerprint density at radius 3 is 1.38 bits per heavy atom. The van der Waals surface area contributed by atoms with E-state index in [4.69, 9.17) is 12.2 Å². The van der Waals surface area contributed by atoms with Gasteiger partial charge in [0, 0.05) is 13.1 Å². The number of hydrogen-bond acceptors (Lipinski definition) is 3. The highest BCUT2D eigenvalue weighted by atomic mass is 32.1. The maximum atomic E-state index is 11.5. The predicted molar refractivity (Wildman–Crippen MR) is 131 cm³/mol. The van der Waals surface area contributed by atoms with Gasteiger partial charge in [0.25, 0.3) is 0 Å². The molecule has 0 bridgehead atoms. The van der Waals surface area contributed by atoms with Gasteiger partial charge in [-0.3, -0.25) is 0 Å². The average molecular weight is 451 g/mol. The van der Waals surface area contributed by atoms with Crippen LogP contribution in [0.4, 0.5) is 0 Å². The van der Waals surface area contributed by atoms with Crippen molar-refractivity contribution >= 4 is 17.3 Å². The molecule has 4 nitrogen and oxygen atoms in total. The number of nitrogens with zero attached hydrogens (tertiary/aromatic N) is 2. The van der Waals surface area contributed by atoms with Crippen LogP contribution in [-0.2, 0) is 12.8 Å². The summed E-state index contributed by atoms with van der Waals surface area (Å²) >= 11 is 6.15. The summed E-state index contributed by atoms with van der Waals surface area (Å²) in [5.41, 5.74) is 2.34. The zero-order valence-corrected chi connectivity index (χ0v) is 19.4. The van der Waals surface area contributed by atoms with E-state index in [1.165, 1.54) is 36.8 Å². The van der Waals surface area contributed by atoms with Gasteiger partial charge < -0.3 is 20.0 Å². The van der Waals surface area contributed by atoms with Crippen molar-refractivity contribution in [1.29, 1.82) is 0 Å². The molecule has 1 aliphatic heterocycles. The largest absolute Gasteiger partial charge is 0.388 e. The molecule has 2 aromatic carbocycles. The lowest BCUT2D eigenvalue weighted by Gasteiger charge is -2.38. The minimum Gasteiger partial charge on any atom is -0.388 e. The fourth-order valence-corrected chi connectivity index (χ4v) is 5.45. The second kappa shape index (κ2) is 9.50. The van der Waals surface area contributed by atoms with Crippen molar-refractivity contribution in [3.63, 3.8) is 0 Å². The van der Waals surface area contributed by atoms with Crippen LogP contribution in [-0.4, -0.2) is 62.5 Å². The quantitative estimate of drug-likeness (QED) is 0.601. The monoisotopic (exact) mass is 450 g/mol. The Morgan fingerprint density at radius 1 is 0.656 bits per heavy atom. The lowest BCUT2D eigenvalue weighted by molar-refractivity contribution is -0.0401. The third-order valence-electron chi connectivity index (χ3n) is 7.31. The Kier molecular flexibility index (Phi) is 6.49. The van der Waals surface area contributed by atoms with Gasteiger partial charge in [0.2, 0.25) is 0 Å². The van der Waals surface area contributed by atoms with Crippen molar-refractivity contribution in [2.24, 2.45) is 11.8 Å². The second-order valence-electron chi connectivity index (χ2n) is 9.97. The summed E-state index contributed by atoms with van der Waals surface area (Å²) in [5, 5.41) is 23.9. The van der Waals surface area contributed by atoms with Gasteiger partial charge in [-0.25, -0.2) is 0 Å². The van der Waals surface area contributed by atoms with Crippen LogP contribution in [0.5, 0.6) is 0 Å². The maximum Gasteiger partial charge on any atom is 0.172 e. The molecule has 32 heavy (non-hydrogen) atoms. The molecular formula is C27H34N2O2S. The van der Waals surface area contributed by atoms with Gasteiger partial charge >= 0.3 is 0 Å². The van der Waals surface area contributed by atoms with Gasteiger partial charge in [-0.1, -0.05) is 60.7 Å². The molecule has 0 aromatic heterocycles. The van der Waals surface area contributed by atoms with E-state index < -0.39 is 12.2 Å². The predicted octanol–water partition coefficient (Wildman–Crippen LogP) is 3.65. The van der Waals surface area contributed by atoms with Crippen LogP contribution in [0.2, 0.25) is 0 Å². The molecule has 0 radical (unpaired) electrons. The van der Waals surface area contributed by atoms with Gasteiger partial charge in [-0.05, 0) is 73.7 Å². The summed E-state index contributed by atoms with van der Waals surface area (Å²) in [5.74, 6) is 1.29. The first kappa shape index (κ1) is 21.9. The molecule has 5 rings (SSSR count). The third-order valence-corrected chi connectivity index (χ3v) is 7.78. The van der Waals surface area contributed by atoms with Crippen molar-refractivity contribution in [2.45, 2.75) is 62.8 Å². The number of aliphatic hydroxyl groups is 2. The van der Waals surface area contributed by atoms with E-state index in [1.807, 2.05) is 36.4 Å². The molecule has 4 unspecified atom stereocenters. The normalized spacial score (nSPS) is 28.6. The minimum absolute atomic E-state index is 0.219. The molecule has 1 heterocycles. The molecular weight excluding hydrogens is 416 g/mol. The van der Waals surface area contributed by atoms with Crippen molar-refractivity contribution in [2.75, 3.05) is 13.1 Å². The van der Waals surface area contributed by atoms with Crippen LogP contribution in [0.1, 0.15) is 36.8 Å². The van der Waals surface area contributed by atoms with Crippen molar-refractivity contribution in [3.8, 4) is 0 Å². The van der Waals surface area contributed by atoms with Crippen LogP contribution >= 0.6 is 12.2 Å². The third kappa shape index (κ3) is 5.00. The average Bonchev–Trinajstić information content (AvgIpc) is 3.74. The SMILES string of the molecule is OC1C(O)C(Cc2ccccc2)N(CC2CC2)C(=S)N(CC2CC2)C1Cc1ccccc1. The van der Waals surface area contributed by atoms with E-state index in [9.17, 15) is 10.2 Å². The molecule has 3 fully saturated rings. The zero-order valence-electron chi connectivity index (χ0n) is 18.6. The topological polar surface area (TPSA) is 46.9 Å². The van der Waals surface area contributed by atoms with Crippen LogP contribution < -0.4 is 0 Å². The van der Waals surface area contributed by atoms with E-state index in [-0.39, 0.29) is 12.1 Å². The van der Waals surface area contributed by atoms with Crippen molar-refractivity contribution < 1.29 is 10.2 Å². The highest BCUT2D eigenvalue weighted by Gasteiger charge is 2.46. The molecule has 4 atom stereocenters. The first-order valence-corrected chi connectivity index (χ1v) is 12.5. The van der Waals surface area contributed by atoms with Gasteiger partial charge in [0.1, 0.15) is 12.2 Å². The van der Waals surface area contributed by atoms with E-state index in [2.05, 4.69) is 34.1 Å². The Balaban J connectivity index is 1.49.